The topological polar surface area (TPSA) is 78.7 Å². The number of para-hydroxylation sites is 1. The molecule has 2 heterocycles. The van der Waals surface area contributed by atoms with Crippen molar-refractivity contribution in [2.45, 2.75) is 25.4 Å². The normalized spacial score (nSPS) is 19.2. The highest BCUT2D eigenvalue weighted by molar-refractivity contribution is 6.05. The molecule has 2 aromatic carbocycles. The third kappa shape index (κ3) is 3.19. The molecule has 0 aliphatic carbocycles. The Kier molecular flexibility index (Phi) is 4.50. The molecule has 3 aromatic rings. The van der Waals surface area contributed by atoms with E-state index in [0.717, 1.165) is 5.69 Å². The summed E-state index contributed by atoms with van der Waals surface area (Å²) in [6.45, 7) is 1.99. The van der Waals surface area contributed by atoms with Crippen LogP contribution < -0.4 is 15.1 Å². The highest BCUT2D eigenvalue weighted by Gasteiger charge is 2.38. The molecule has 1 aliphatic rings. The number of anilines is 2. The summed E-state index contributed by atoms with van der Waals surface area (Å²) in [6, 6.07) is 14.5. The molecule has 144 valence electrons. The molecule has 7 nitrogen and oxygen atoms in total. The van der Waals surface area contributed by atoms with Crippen LogP contribution in [-0.2, 0) is 4.79 Å². The van der Waals surface area contributed by atoms with Gasteiger partial charge < -0.3 is 19.5 Å². The van der Waals surface area contributed by atoms with E-state index in [-0.39, 0.29) is 17.9 Å². The molecule has 1 aliphatic heterocycles. The summed E-state index contributed by atoms with van der Waals surface area (Å²) in [5.74, 6) is -0.388. The van der Waals surface area contributed by atoms with Crippen molar-refractivity contribution < 1.29 is 14.0 Å². The second-order valence-corrected chi connectivity index (χ2v) is 7.23. The molecule has 1 N–H and O–H groups in total. The lowest BCUT2D eigenvalue weighted by Crippen LogP contribution is -2.41. The highest BCUT2D eigenvalue weighted by Crippen LogP contribution is 2.27. The lowest BCUT2D eigenvalue weighted by molar-refractivity contribution is -0.118. The summed E-state index contributed by atoms with van der Waals surface area (Å²) >= 11 is 0. The quantitative estimate of drug-likeness (QED) is 0.755. The average molecular weight is 378 g/mol. The number of oxazole rings is 1. The van der Waals surface area contributed by atoms with E-state index in [9.17, 15) is 9.59 Å². The molecule has 0 spiro atoms. The molecule has 7 heteroatoms. The first-order valence-electron chi connectivity index (χ1n) is 9.21. The van der Waals surface area contributed by atoms with Crippen LogP contribution in [0.3, 0.4) is 0 Å². The molecular formula is C21H22N4O3. The van der Waals surface area contributed by atoms with Crippen molar-refractivity contribution in [1.82, 2.24) is 10.3 Å². The second-order valence-electron chi connectivity index (χ2n) is 7.23. The van der Waals surface area contributed by atoms with Gasteiger partial charge in [-0.3, -0.25) is 9.59 Å². The summed E-state index contributed by atoms with van der Waals surface area (Å²) in [6.07, 6.45) is 0.566. The predicted octanol–water partition coefficient (Wildman–Crippen LogP) is 2.82. The zero-order chi connectivity index (χ0) is 19.8. The van der Waals surface area contributed by atoms with E-state index in [4.69, 9.17) is 4.42 Å². The zero-order valence-electron chi connectivity index (χ0n) is 16.0. The molecule has 1 saturated heterocycles. The minimum atomic E-state index is -0.548. The maximum absolute atomic E-state index is 12.9. The van der Waals surface area contributed by atoms with E-state index < -0.39 is 6.04 Å². The van der Waals surface area contributed by atoms with Crippen LogP contribution in [-0.4, -0.2) is 43.0 Å². The van der Waals surface area contributed by atoms with Gasteiger partial charge in [0.15, 0.2) is 5.58 Å². The Hall–Kier alpha value is -3.35. The maximum atomic E-state index is 12.9. The van der Waals surface area contributed by atoms with E-state index in [0.29, 0.717) is 29.1 Å². The Morgan fingerprint density at radius 2 is 1.96 bits per heavy atom. The van der Waals surface area contributed by atoms with Crippen LogP contribution in [0.4, 0.5) is 11.7 Å². The van der Waals surface area contributed by atoms with Crippen LogP contribution in [0.1, 0.15) is 23.7 Å². The van der Waals surface area contributed by atoms with Gasteiger partial charge in [0.25, 0.3) is 11.9 Å². The van der Waals surface area contributed by atoms with Gasteiger partial charge in [-0.1, -0.05) is 18.2 Å². The molecule has 1 aromatic heterocycles. The number of benzene rings is 2. The number of nitrogens with zero attached hydrogens (tertiary/aromatic N) is 3. The first-order chi connectivity index (χ1) is 13.4. The summed E-state index contributed by atoms with van der Waals surface area (Å²) in [5, 5.41) is 2.87. The van der Waals surface area contributed by atoms with E-state index in [1.807, 2.05) is 51.4 Å². The molecule has 0 bridgehead atoms. The van der Waals surface area contributed by atoms with Crippen LogP contribution in [0.5, 0.6) is 0 Å². The Balaban J connectivity index is 1.52. The fraction of sp³-hybridized carbons (Fsp3) is 0.286. The Morgan fingerprint density at radius 1 is 1.21 bits per heavy atom. The van der Waals surface area contributed by atoms with Crippen LogP contribution in [0, 0.1) is 0 Å². The summed E-state index contributed by atoms with van der Waals surface area (Å²) < 4.78 is 5.61. The molecule has 2 atom stereocenters. The first kappa shape index (κ1) is 18.0. The van der Waals surface area contributed by atoms with Gasteiger partial charge >= 0.3 is 0 Å². The Labute approximate surface area is 162 Å². The van der Waals surface area contributed by atoms with Crippen molar-refractivity contribution in [1.29, 1.82) is 0 Å². The number of aromatic nitrogens is 1. The molecule has 2 amide bonds. The minimum Gasteiger partial charge on any atom is -0.423 e. The smallest absolute Gasteiger partial charge is 0.297 e. The summed E-state index contributed by atoms with van der Waals surface area (Å²) in [5.41, 5.74) is 2.51. The van der Waals surface area contributed by atoms with Crippen LogP contribution >= 0.6 is 0 Å². The van der Waals surface area contributed by atoms with Gasteiger partial charge in [0.1, 0.15) is 11.6 Å². The lowest BCUT2D eigenvalue weighted by Gasteiger charge is -2.21. The van der Waals surface area contributed by atoms with Crippen molar-refractivity contribution in [3.8, 4) is 0 Å². The SMILES string of the molecule is C[C@H]1C[C@@H](NC(=O)c2ccc3oc(N(C)C)nc3c2)C(=O)N1c1ccccc1. The number of amides is 2. The van der Waals surface area contributed by atoms with Crippen LogP contribution in [0.25, 0.3) is 11.1 Å². The number of hydrogen-bond acceptors (Lipinski definition) is 5. The molecule has 1 fully saturated rings. The third-order valence-corrected chi connectivity index (χ3v) is 4.91. The maximum Gasteiger partial charge on any atom is 0.297 e. The van der Waals surface area contributed by atoms with Gasteiger partial charge in [0, 0.05) is 31.4 Å². The third-order valence-electron chi connectivity index (χ3n) is 4.91. The fourth-order valence-electron chi connectivity index (χ4n) is 3.51. The van der Waals surface area contributed by atoms with Crippen LogP contribution in [0.2, 0.25) is 0 Å². The highest BCUT2D eigenvalue weighted by atomic mass is 16.4. The van der Waals surface area contributed by atoms with E-state index in [2.05, 4.69) is 10.3 Å². The molecular weight excluding hydrogens is 356 g/mol. The van der Waals surface area contributed by atoms with Gasteiger partial charge in [-0.25, -0.2) is 0 Å². The van der Waals surface area contributed by atoms with Gasteiger partial charge in [-0.2, -0.15) is 4.98 Å². The van der Waals surface area contributed by atoms with Gasteiger partial charge in [-0.15, -0.1) is 0 Å². The van der Waals surface area contributed by atoms with Crippen molar-refractivity contribution in [2.75, 3.05) is 23.9 Å². The van der Waals surface area contributed by atoms with Crippen molar-refractivity contribution in [3.05, 3.63) is 54.1 Å². The standard InChI is InChI=1S/C21H22N4O3/c1-13-11-17(20(27)25(13)15-7-5-4-6-8-15)22-19(26)14-9-10-18-16(12-14)23-21(28-18)24(2)3/h4-10,12-13,17H,11H2,1-3H3,(H,22,26)/t13-,17+/m0/s1. The van der Waals surface area contributed by atoms with E-state index in [1.54, 1.807) is 28.0 Å². The number of nitrogens with one attached hydrogen (secondary N) is 1. The Morgan fingerprint density at radius 3 is 2.68 bits per heavy atom. The minimum absolute atomic E-state index is 0.0147. The molecule has 0 unspecified atom stereocenters. The second kappa shape index (κ2) is 6.99. The van der Waals surface area contributed by atoms with Crippen LogP contribution in [0.15, 0.2) is 52.9 Å². The molecule has 0 radical (unpaired) electrons. The summed E-state index contributed by atoms with van der Waals surface area (Å²) in [4.78, 5) is 33.5. The van der Waals surface area contributed by atoms with E-state index in [1.165, 1.54) is 0 Å². The number of carbonyl (C=O) groups excluding carboxylic acids is 2. The number of rotatable bonds is 4. The van der Waals surface area contributed by atoms with Gasteiger partial charge in [0.05, 0.1) is 0 Å². The number of hydrogen-bond donors (Lipinski definition) is 1. The first-order valence-corrected chi connectivity index (χ1v) is 9.21. The van der Waals surface area contributed by atoms with Gasteiger partial charge in [-0.05, 0) is 43.7 Å². The van der Waals surface area contributed by atoms with Crippen molar-refractivity contribution in [3.63, 3.8) is 0 Å². The molecule has 0 saturated carbocycles. The number of fused-ring (bicyclic) bond motifs is 1. The Bertz CT molecular complexity index is 1030. The fourth-order valence-corrected chi connectivity index (χ4v) is 3.51. The van der Waals surface area contributed by atoms with Crippen molar-refractivity contribution in [2.24, 2.45) is 0 Å². The molecule has 4 rings (SSSR count). The predicted molar refractivity (Wildman–Crippen MR) is 108 cm³/mol. The zero-order valence-corrected chi connectivity index (χ0v) is 16.0. The number of carbonyl (C=O) groups is 2. The molecule has 28 heavy (non-hydrogen) atoms. The largest absolute Gasteiger partial charge is 0.423 e. The summed E-state index contributed by atoms with van der Waals surface area (Å²) in [7, 11) is 3.67. The van der Waals surface area contributed by atoms with E-state index >= 15 is 0 Å². The average Bonchev–Trinajstić information content (AvgIpc) is 3.23. The monoisotopic (exact) mass is 378 g/mol. The lowest BCUT2D eigenvalue weighted by atomic mass is 10.1. The van der Waals surface area contributed by atoms with Gasteiger partial charge in [0.2, 0.25) is 5.91 Å². The van der Waals surface area contributed by atoms with Crippen molar-refractivity contribution >= 4 is 34.6 Å².